The van der Waals surface area contributed by atoms with E-state index in [-0.39, 0.29) is 16.7 Å². The van der Waals surface area contributed by atoms with Gasteiger partial charge in [-0.1, -0.05) is 18.6 Å². The third-order valence-electron chi connectivity index (χ3n) is 5.04. The largest absolute Gasteiger partial charge is 0.492 e. The Kier molecular flexibility index (Phi) is 6.55. The molecule has 27 heavy (non-hydrogen) atoms. The highest BCUT2D eigenvalue weighted by Crippen LogP contribution is 2.31. The van der Waals surface area contributed by atoms with Gasteiger partial charge in [0.1, 0.15) is 5.75 Å². The number of ether oxygens (including phenoxy) is 1. The Bertz CT molecular complexity index is 798. The minimum absolute atomic E-state index is 0.125. The van der Waals surface area contributed by atoms with Crippen molar-refractivity contribution in [3.63, 3.8) is 0 Å². The first-order valence-electron chi connectivity index (χ1n) is 9.74. The molecule has 7 heteroatoms. The van der Waals surface area contributed by atoms with Crippen LogP contribution in [-0.2, 0) is 14.8 Å². The fourth-order valence-corrected chi connectivity index (χ4v) is 5.15. The van der Waals surface area contributed by atoms with Crippen LogP contribution in [0.4, 0.5) is 5.69 Å². The predicted molar refractivity (Wildman–Crippen MR) is 105 cm³/mol. The lowest BCUT2D eigenvalue weighted by Gasteiger charge is -2.26. The second kappa shape index (κ2) is 8.89. The number of hydrogen-bond donors (Lipinski definition) is 1. The van der Waals surface area contributed by atoms with Crippen molar-refractivity contribution in [1.29, 1.82) is 0 Å². The van der Waals surface area contributed by atoms with Crippen molar-refractivity contribution < 1.29 is 17.9 Å². The predicted octanol–water partition coefficient (Wildman–Crippen LogP) is 3.55. The normalized spacial score (nSPS) is 20.6. The average Bonchev–Trinajstić information content (AvgIpc) is 3.17. The van der Waals surface area contributed by atoms with E-state index in [2.05, 4.69) is 17.5 Å². The number of nitrogens with zero attached hydrogens (tertiary/aromatic N) is 1. The maximum absolute atomic E-state index is 12.9. The van der Waals surface area contributed by atoms with E-state index >= 15 is 0 Å². The lowest BCUT2D eigenvalue weighted by Crippen LogP contribution is -2.35. The first kappa shape index (κ1) is 19.9. The number of rotatable bonds is 7. The molecule has 1 amide bonds. The molecule has 0 saturated carbocycles. The zero-order chi connectivity index (χ0) is 19.3. The Morgan fingerprint density at radius 3 is 2.70 bits per heavy atom. The van der Waals surface area contributed by atoms with Gasteiger partial charge in [-0.05, 0) is 56.7 Å². The summed E-state index contributed by atoms with van der Waals surface area (Å²) in [7, 11) is -3.56. The fourth-order valence-electron chi connectivity index (χ4n) is 3.61. The Morgan fingerprint density at radius 1 is 1.26 bits per heavy atom. The van der Waals surface area contributed by atoms with Crippen LogP contribution in [0.15, 0.2) is 35.2 Å². The number of nitrogens with one attached hydrogen (secondary N) is 1. The summed E-state index contributed by atoms with van der Waals surface area (Å²) in [5.74, 6) is 0.617. The molecule has 1 aromatic rings. The van der Waals surface area contributed by atoms with Gasteiger partial charge in [0.25, 0.3) is 0 Å². The van der Waals surface area contributed by atoms with E-state index in [4.69, 9.17) is 4.74 Å². The maximum Gasteiger partial charge on any atom is 0.243 e. The van der Waals surface area contributed by atoms with E-state index in [0.29, 0.717) is 37.6 Å². The third kappa shape index (κ3) is 4.90. The molecule has 1 heterocycles. The van der Waals surface area contributed by atoms with Gasteiger partial charge in [-0.2, -0.15) is 4.31 Å². The Morgan fingerprint density at radius 2 is 2.04 bits per heavy atom. The second-order valence-electron chi connectivity index (χ2n) is 7.07. The van der Waals surface area contributed by atoms with Crippen LogP contribution < -0.4 is 10.1 Å². The molecule has 0 spiro atoms. The van der Waals surface area contributed by atoms with Gasteiger partial charge in [0, 0.05) is 19.5 Å². The van der Waals surface area contributed by atoms with Crippen LogP contribution in [-0.4, -0.2) is 38.3 Å². The first-order valence-corrected chi connectivity index (χ1v) is 11.2. The van der Waals surface area contributed by atoms with Crippen molar-refractivity contribution in [1.82, 2.24) is 4.31 Å². The number of sulfonamides is 1. The number of benzene rings is 1. The minimum atomic E-state index is -3.56. The van der Waals surface area contributed by atoms with Crippen LogP contribution >= 0.6 is 0 Å². The fraction of sp³-hybridized carbons (Fsp3) is 0.550. The van der Waals surface area contributed by atoms with Crippen LogP contribution in [0, 0.1) is 5.92 Å². The van der Waals surface area contributed by atoms with Crippen LogP contribution in [0.25, 0.3) is 0 Å². The molecular formula is C20H28N2O4S. The Balaban J connectivity index is 1.81. The maximum atomic E-state index is 12.9. The van der Waals surface area contributed by atoms with Gasteiger partial charge in [0.2, 0.25) is 15.9 Å². The molecule has 1 aliphatic carbocycles. The molecule has 1 aromatic carbocycles. The van der Waals surface area contributed by atoms with Crippen molar-refractivity contribution in [3.8, 4) is 5.75 Å². The van der Waals surface area contributed by atoms with Gasteiger partial charge in [0.05, 0.1) is 17.2 Å². The molecule has 2 aliphatic rings. The molecule has 6 nitrogen and oxygen atoms in total. The molecule has 1 fully saturated rings. The summed E-state index contributed by atoms with van der Waals surface area (Å²) >= 11 is 0. The smallest absolute Gasteiger partial charge is 0.243 e. The van der Waals surface area contributed by atoms with Crippen LogP contribution in [0.1, 0.15) is 45.4 Å². The van der Waals surface area contributed by atoms with Gasteiger partial charge in [-0.15, -0.1) is 0 Å². The van der Waals surface area contributed by atoms with Crippen molar-refractivity contribution in [2.75, 3.05) is 25.0 Å². The third-order valence-corrected chi connectivity index (χ3v) is 6.93. The lowest BCUT2D eigenvalue weighted by molar-refractivity contribution is -0.116. The number of anilines is 1. The number of carbonyl (C=O) groups is 1. The van der Waals surface area contributed by atoms with Gasteiger partial charge >= 0.3 is 0 Å². The monoisotopic (exact) mass is 392 g/mol. The summed E-state index contributed by atoms with van der Waals surface area (Å²) in [5.41, 5.74) is 0.418. The molecule has 1 N–H and O–H groups in total. The van der Waals surface area contributed by atoms with E-state index in [9.17, 15) is 13.2 Å². The van der Waals surface area contributed by atoms with Crippen LogP contribution in [0.3, 0.4) is 0 Å². The van der Waals surface area contributed by atoms with Crippen LogP contribution in [0.2, 0.25) is 0 Å². The molecule has 1 atom stereocenters. The topological polar surface area (TPSA) is 75.7 Å². The molecule has 148 valence electrons. The zero-order valence-corrected chi connectivity index (χ0v) is 16.6. The molecule has 3 rings (SSSR count). The highest BCUT2D eigenvalue weighted by molar-refractivity contribution is 7.89. The van der Waals surface area contributed by atoms with Gasteiger partial charge in [-0.3, -0.25) is 4.79 Å². The summed E-state index contributed by atoms with van der Waals surface area (Å²) in [6.07, 6.45) is 9.37. The summed E-state index contributed by atoms with van der Waals surface area (Å²) in [6, 6.07) is 4.72. The Hall–Kier alpha value is -1.86. The molecule has 1 aliphatic heterocycles. The number of carbonyl (C=O) groups excluding carboxylic acids is 1. The molecule has 0 aromatic heterocycles. The molecule has 1 saturated heterocycles. The van der Waals surface area contributed by atoms with E-state index in [1.54, 1.807) is 12.1 Å². The highest BCUT2D eigenvalue weighted by Gasteiger charge is 2.27. The number of amides is 1. The summed E-state index contributed by atoms with van der Waals surface area (Å²) in [5, 5.41) is 2.86. The standard InChI is InChI=1S/C20H28N2O4S/c1-2-26-19-11-10-17(27(24,25)22-12-6-3-7-13-22)15-18(19)21-20(23)14-16-8-4-5-9-16/h4,8,10-11,15-16H,2-3,5-7,9,12-14H2,1H3,(H,21,23). The number of hydrogen-bond acceptors (Lipinski definition) is 4. The molecular weight excluding hydrogens is 364 g/mol. The highest BCUT2D eigenvalue weighted by atomic mass is 32.2. The van der Waals surface area contributed by atoms with Gasteiger partial charge in [-0.25, -0.2) is 8.42 Å². The van der Waals surface area contributed by atoms with E-state index in [0.717, 1.165) is 32.1 Å². The summed E-state index contributed by atoms with van der Waals surface area (Å²) in [4.78, 5) is 12.6. The zero-order valence-electron chi connectivity index (χ0n) is 15.8. The molecule has 0 bridgehead atoms. The van der Waals surface area contributed by atoms with E-state index in [1.165, 1.54) is 10.4 Å². The van der Waals surface area contributed by atoms with Crippen LogP contribution in [0.5, 0.6) is 5.75 Å². The lowest BCUT2D eigenvalue weighted by atomic mass is 10.1. The Labute approximate surface area is 161 Å². The second-order valence-corrected chi connectivity index (χ2v) is 9.01. The number of allylic oxidation sites excluding steroid dienone is 2. The summed E-state index contributed by atoms with van der Waals surface area (Å²) in [6.45, 7) is 3.39. The van der Waals surface area contributed by atoms with E-state index in [1.807, 2.05) is 6.92 Å². The van der Waals surface area contributed by atoms with Crippen molar-refractivity contribution >= 4 is 21.6 Å². The van der Waals surface area contributed by atoms with Crippen molar-refractivity contribution in [2.24, 2.45) is 5.92 Å². The average molecular weight is 393 g/mol. The first-order chi connectivity index (χ1) is 13.0. The van der Waals surface area contributed by atoms with Crippen molar-refractivity contribution in [3.05, 3.63) is 30.4 Å². The van der Waals surface area contributed by atoms with Gasteiger partial charge in [0.15, 0.2) is 0 Å². The molecule has 0 radical (unpaired) electrons. The number of piperidine rings is 1. The summed E-state index contributed by atoms with van der Waals surface area (Å²) < 4.78 is 33.0. The SMILES string of the molecule is CCOc1ccc(S(=O)(=O)N2CCCCC2)cc1NC(=O)CC1C=CCC1. The van der Waals surface area contributed by atoms with Gasteiger partial charge < -0.3 is 10.1 Å². The molecule has 1 unspecified atom stereocenters. The van der Waals surface area contributed by atoms with E-state index < -0.39 is 10.0 Å². The van der Waals surface area contributed by atoms with Crippen molar-refractivity contribution in [2.45, 2.75) is 50.3 Å². The quantitative estimate of drug-likeness (QED) is 0.720. The minimum Gasteiger partial charge on any atom is -0.492 e.